The molecule has 1 aromatic carbocycles. The Labute approximate surface area is 192 Å². The molecule has 9 heteroatoms. The van der Waals surface area contributed by atoms with Crippen molar-refractivity contribution in [1.82, 2.24) is 9.97 Å². The molecule has 0 radical (unpaired) electrons. The van der Waals surface area contributed by atoms with Gasteiger partial charge in [-0.3, -0.25) is 0 Å². The second kappa shape index (κ2) is 8.06. The molecule has 32 heavy (non-hydrogen) atoms. The van der Waals surface area contributed by atoms with Crippen molar-refractivity contribution in [2.24, 2.45) is 0 Å². The first-order chi connectivity index (χ1) is 15.4. The smallest absolute Gasteiger partial charge is 0.228 e. The lowest BCUT2D eigenvalue weighted by molar-refractivity contribution is -0.0390. The summed E-state index contributed by atoms with van der Waals surface area (Å²) in [5.74, 6) is 1.84. The number of aliphatic hydroxyl groups excluding tert-OH is 1. The highest BCUT2D eigenvalue weighted by Gasteiger charge is 2.47. The maximum absolute atomic E-state index is 12.6. The molecule has 0 bridgehead atoms. The molecular weight excluding hydrogens is 426 g/mol. The van der Waals surface area contributed by atoms with E-state index in [-0.39, 0.29) is 12.1 Å². The predicted octanol–water partition coefficient (Wildman–Crippen LogP) is 1.90. The molecule has 1 saturated carbocycles. The third-order valence-electron chi connectivity index (χ3n) is 7.15. The van der Waals surface area contributed by atoms with Crippen LogP contribution < -0.4 is 15.1 Å². The first-order valence-corrected chi connectivity index (χ1v) is 12.5. The number of benzene rings is 1. The van der Waals surface area contributed by atoms with Gasteiger partial charge in [-0.2, -0.15) is 4.98 Å². The van der Waals surface area contributed by atoms with Gasteiger partial charge in [0.2, 0.25) is 10.8 Å². The van der Waals surface area contributed by atoms with Crippen LogP contribution in [0, 0.1) is 0 Å². The molecule has 2 N–H and O–H groups in total. The number of aryl methyl sites for hydroxylation is 1. The largest absolute Gasteiger partial charge is 0.611 e. The molecule has 2 fully saturated rings. The van der Waals surface area contributed by atoms with Crippen molar-refractivity contribution < 1.29 is 14.4 Å². The van der Waals surface area contributed by atoms with E-state index in [0.717, 1.165) is 36.2 Å². The van der Waals surface area contributed by atoms with Crippen molar-refractivity contribution in [2.45, 2.75) is 41.7 Å². The molecule has 8 nitrogen and oxygen atoms in total. The maximum atomic E-state index is 12.6. The molecule has 1 saturated heterocycles. The Morgan fingerprint density at radius 3 is 2.50 bits per heavy atom. The Morgan fingerprint density at radius 1 is 1.22 bits per heavy atom. The predicted molar refractivity (Wildman–Crippen MR) is 126 cm³/mol. The number of aliphatic hydroxyl groups is 1. The van der Waals surface area contributed by atoms with Crippen LogP contribution in [0.25, 0.3) is 0 Å². The van der Waals surface area contributed by atoms with Gasteiger partial charge in [-0.25, -0.2) is 4.98 Å². The van der Waals surface area contributed by atoms with Crippen molar-refractivity contribution in [2.75, 3.05) is 61.8 Å². The zero-order chi connectivity index (χ0) is 22.5. The van der Waals surface area contributed by atoms with Crippen molar-refractivity contribution >= 4 is 28.6 Å². The monoisotopic (exact) mass is 457 g/mol. The maximum Gasteiger partial charge on any atom is 0.228 e. The van der Waals surface area contributed by atoms with Crippen LogP contribution in [0.2, 0.25) is 0 Å². The summed E-state index contributed by atoms with van der Waals surface area (Å²) < 4.78 is 18.6. The van der Waals surface area contributed by atoms with Crippen LogP contribution in [0.15, 0.2) is 29.2 Å². The van der Waals surface area contributed by atoms with Crippen LogP contribution in [-0.4, -0.2) is 71.8 Å². The topological polar surface area (TPSA) is 96.8 Å². The minimum atomic E-state index is -1.10. The summed E-state index contributed by atoms with van der Waals surface area (Å²) in [5, 5.41) is 13.4. The fourth-order valence-electron chi connectivity index (χ4n) is 4.79. The van der Waals surface area contributed by atoms with Gasteiger partial charge >= 0.3 is 0 Å². The Balaban J connectivity index is 1.40. The first-order valence-electron chi connectivity index (χ1n) is 11.1. The molecule has 0 spiro atoms. The van der Waals surface area contributed by atoms with Crippen molar-refractivity contribution in [3.63, 3.8) is 0 Å². The molecule has 5 rings (SSSR count). The van der Waals surface area contributed by atoms with E-state index in [2.05, 4.69) is 39.4 Å². The number of aromatic nitrogens is 2. The van der Waals surface area contributed by atoms with Crippen LogP contribution in [0.4, 0.5) is 17.5 Å². The number of ether oxygens (including phenoxy) is 1. The zero-order valence-corrected chi connectivity index (χ0v) is 19.7. The van der Waals surface area contributed by atoms with Gasteiger partial charge < -0.3 is 29.5 Å². The van der Waals surface area contributed by atoms with Gasteiger partial charge in [0.15, 0.2) is 5.82 Å². The number of fused-ring (bicyclic) bond motifs is 1. The van der Waals surface area contributed by atoms with E-state index in [1.807, 2.05) is 14.1 Å². The second-order valence-corrected chi connectivity index (χ2v) is 10.9. The number of rotatable bonds is 7. The van der Waals surface area contributed by atoms with Gasteiger partial charge in [0.25, 0.3) is 0 Å². The van der Waals surface area contributed by atoms with Crippen LogP contribution in [0.1, 0.15) is 30.5 Å². The van der Waals surface area contributed by atoms with E-state index < -0.39 is 16.8 Å². The summed E-state index contributed by atoms with van der Waals surface area (Å²) in [4.78, 5) is 14.5. The number of hydrogen-bond acceptors (Lipinski definition) is 8. The van der Waals surface area contributed by atoms with Gasteiger partial charge in [-0.15, -0.1) is 0 Å². The summed E-state index contributed by atoms with van der Waals surface area (Å²) >= 11 is -1.10. The Bertz CT molecular complexity index is 984. The van der Waals surface area contributed by atoms with Crippen LogP contribution in [0.5, 0.6) is 0 Å². The standard InChI is InChI=1S/C23H31N5O3S/c1-27(2)17-7-5-16(6-8-17)23(31-3)13-28(14-23)21-24-18-9-12-32(30)19(18)20(25-21)26-22(15-29)10-4-11-22/h5-8,29H,4,9-15H2,1-3H3,(H,24,25,26)/t32-/m1/s1. The minimum absolute atomic E-state index is 0.0488. The second-order valence-electron chi connectivity index (χ2n) is 9.36. The van der Waals surface area contributed by atoms with Gasteiger partial charge in [0.1, 0.15) is 17.0 Å². The third kappa shape index (κ3) is 3.51. The highest BCUT2D eigenvalue weighted by atomic mass is 32.2. The zero-order valence-electron chi connectivity index (χ0n) is 18.9. The number of nitrogens with zero attached hydrogens (tertiary/aromatic N) is 4. The Hall–Kier alpha value is -2.07. The molecule has 2 aliphatic heterocycles. The lowest BCUT2D eigenvalue weighted by Gasteiger charge is -2.49. The van der Waals surface area contributed by atoms with Crippen LogP contribution in [-0.2, 0) is 27.9 Å². The van der Waals surface area contributed by atoms with Crippen LogP contribution >= 0.6 is 0 Å². The molecular formula is C23H31N5O3S. The van der Waals surface area contributed by atoms with Gasteiger partial charge in [0, 0.05) is 33.3 Å². The quantitative estimate of drug-likeness (QED) is 0.609. The fourth-order valence-corrected chi connectivity index (χ4v) is 6.10. The van der Waals surface area contributed by atoms with Crippen molar-refractivity contribution in [3.8, 4) is 0 Å². The average Bonchev–Trinajstić information content (AvgIpc) is 3.11. The summed E-state index contributed by atoms with van der Waals surface area (Å²) in [7, 11) is 5.81. The summed E-state index contributed by atoms with van der Waals surface area (Å²) in [6, 6.07) is 8.46. The molecule has 1 aliphatic carbocycles. The van der Waals surface area contributed by atoms with E-state index >= 15 is 0 Å². The van der Waals surface area contributed by atoms with Gasteiger partial charge in [-0.1, -0.05) is 12.1 Å². The molecule has 2 aromatic rings. The molecule has 3 aliphatic rings. The van der Waals surface area contributed by atoms with Crippen molar-refractivity contribution in [1.29, 1.82) is 0 Å². The third-order valence-corrected chi connectivity index (χ3v) is 8.61. The van der Waals surface area contributed by atoms with Crippen LogP contribution in [0.3, 0.4) is 0 Å². The van der Waals surface area contributed by atoms with Crippen molar-refractivity contribution in [3.05, 3.63) is 35.5 Å². The van der Waals surface area contributed by atoms with Gasteiger partial charge in [0.05, 0.1) is 25.2 Å². The van der Waals surface area contributed by atoms with E-state index in [9.17, 15) is 9.66 Å². The number of nitrogens with one attached hydrogen (secondary N) is 1. The normalized spacial score (nSPS) is 22.7. The van der Waals surface area contributed by atoms with E-state index in [0.29, 0.717) is 41.9 Å². The summed E-state index contributed by atoms with van der Waals surface area (Å²) in [5.41, 5.74) is 2.38. The lowest BCUT2D eigenvalue weighted by atomic mass is 9.77. The average molecular weight is 458 g/mol. The number of anilines is 3. The molecule has 172 valence electrons. The number of hydrogen-bond donors (Lipinski definition) is 2. The fraction of sp³-hybridized carbons (Fsp3) is 0.565. The minimum Gasteiger partial charge on any atom is -0.611 e. The highest BCUT2D eigenvalue weighted by Crippen LogP contribution is 2.42. The molecule has 1 atom stereocenters. The Kier molecular flexibility index (Phi) is 5.48. The first kappa shape index (κ1) is 21.8. The molecule has 0 unspecified atom stereocenters. The lowest BCUT2D eigenvalue weighted by Crippen LogP contribution is -2.61. The summed E-state index contributed by atoms with van der Waals surface area (Å²) in [6.45, 7) is 1.35. The molecule has 3 heterocycles. The highest BCUT2D eigenvalue weighted by molar-refractivity contribution is 7.91. The number of methoxy groups -OCH3 is 1. The SMILES string of the molecule is COC1(c2ccc(N(C)C)cc2)CN(c2nc3c(c(NC4(CO)CCC4)n2)[S@+]([O-])CC3)C1. The van der Waals surface area contributed by atoms with E-state index in [4.69, 9.17) is 14.7 Å². The molecule has 0 amide bonds. The molecule has 1 aromatic heterocycles. The van der Waals surface area contributed by atoms with E-state index in [1.165, 1.54) is 0 Å². The summed E-state index contributed by atoms with van der Waals surface area (Å²) in [6.07, 6.45) is 3.55. The van der Waals surface area contributed by atoms with Gasteiger partial charge in [-0.05, 0) is 48.1 Å². The Morgan fingerprint density at radius 2 is 1.94 bits per heavy atom. The van der Waals surface area contributed by atoms with E-state index in [1.54, 1.807) is 7.11 Å².